The van der Waals surface area contributed by atoms with Gasteiger partial charge in [0.1, 0.15) is 0 Å². The van der Waals surface area contributed by atoms with Crippen LogP contribution in [0, 0.1) is 3.57 Å². The summed E-state index contributed by atoms with van der Waals surface area (Å²) in [4.78, 5) is 38.4. The van der Waals surface area contributed by atoms with Crippen molar-refractivity contribution in [2.75, 3.05) is 26.9 Å². The van der Waals surface area contributed by atoms with Gasteiger partial charge in [0, 0.05) is 28.3 Å². The number of rotatable bonds is 8. The number of Topliss-reactive ketones (excluding diaryl/α,β-unsaturated/α-hetero) is 1. The fourth-order valence-corrected chi connectivity index (χ4v) is 5.32. The predicted molar refractivity (Wildman–Crippen MR) is 141 cm³/mol. The van der Waals surface area contributed by atoms with Crippen molar-refractivity contribution >= 4 is 46.0 Å². The zero-order valence-electron chi connectivity index (χ0n) is 20.4. The van der Waals surface area contributed by atoms with Crippen molar-refractivity contribution in [1.82, 2.24) is 5.32 Å². The number of carbonyl (C=O) groups is 3. The summed E-state index contributed by atoms with van der Waals surface area (Å²) in [7, 11) is 1.32. The first kappa shape index (κ1) is 25.7. The van der Waals surface area contributed by atoms with Gasteiger partial charge >= 0.3 is 11.9 Å². The second-order valence-corrected chi connectivity index (χ2v) is 9.27. The van der Waals surface area contributed by atoms with Crippen LogP contribution < -0.4 is 14.8 Å². The molecule has 9 heteroatoms. The van der Waals surface area contributed by atoms with E-state index in [9.17, 15) is 14.4 Å². The first-order valence-corrected chi connectivity index (χ1v) is 12.6. The van der Waals surface area contributed by atoms with E-state index < -0.39 is 17.9 Å². The van der Waals surface area contributed by atoms with E-state index in [1.807, 2.05) is 31.2 Å². The summed E-state index contributed by atoms with van der Waals surface area (Å²) in [5.74, 6) is -1.08. The number of carbonyl (C=O) groups excluding carboxylic acids is 3. The lowest BCUT2D eigenvalue weighted by atomic mass is 9.79. The number of halogens is 1. The Morgan fingerprint density at radius 3 is 2.44 bits per heavy atom. The fraction of sp³-hybridized carbons (Fsp3) is 0.296. The van der Waals surface area contributed by atoms with E-state index >= 15 is 0 Å². The van der Waals surface area contributed by atoms with Gasteiger partial charge in [-0.05, 0) is 61.1 Å². The minimum Gasteiger partial charge on any atom is -0.490 e. The van der Waals surface area contributed by atoms with Crippen LogP contribution in [0.2, 0.25) is 0 Å². The second-order valence-electron chi connectivity index (χ2n) is 8.11. The molecular weight excluding hydrogens is 577 g/mol. The molecule has 0 unspecified atom stereocenters. The van der Waals surface area contributed by atoms with Gasteiger partial charge < -0.3 is 24.3 Å². The Hall–Kier alpha value is -3.34. The molecule has 4 rings (SSSR count). The molecule has 1 N–H and O–H groups in total. The molecule has 0 bridgehead atoms. The summed E-state index contributed by atoms with van der Waals surface area (Å²) in [6, 6.07) is 10.9. The highest BCUT2D eigenvalue weighted by atomic mass is 127. The minimum atomic E-state index is -0.694. The number of ketones is 1. The van der Waals surface area contributed by atoms with Crippen LogP contribution in [0.15, 0.2) is 53.2 Å². The van der Waals surface area contributed by atoms with Crippen molar-refractivity contribution in [2.24, 2.45) is 0 Å². The average Bonchev–Trinajstić information content (AvgIpc) is 3.14. The summed E-state index contributed by atoms with van der Waals surface area (Å²) < 4.78 is 22.3. The minimum absolute atomic E-state index is 0.150. The molecule has 1 atom stereocenters. The molecule has 0 spiro atoms. The third-order valence-corrected chi connectivity index (χ3v) is 6.76. The molecule has 0 saturated carbocycles. The van der Waals surface area contributed by atoms with Crippen molar-refractivity contribution in [3.8, 4) is 11.5 Å². The molecule has 1 heterocycles. The maximum Gasteiger partial charge on any atom is 0.344 e. The van der Waals surface area contributed by atoms with E-state index in [1.165, 1.54) is 7.11 Å². The van der Waals surface area contributed by atoms with E-state index in [4.69, 9.17) is 18.9 Å². The van der Waals surface area contributed by atoms with Gasteiger partial charge in [0.2, 0.25) is 0 Å². The van der Waals surface area contributed by atoms with Crippen LogP contribution in [-0.4, -0.2) is 44.7 Å². The number of nitrogens with one attached hydrogen (secondary N) is 1. The van der Waals surface area contributed by atoms with Gasteiger partial charge in [0.25, 0.3) is 0 Å². The number of ether oxygens (including phenoxy) is 4. The normalized spacial score (nSPS) is 16.2. The summed E-state index contributed by atoms with van der Waals surface area (Å²) in [5, 5.41) is 3.27. The fourth-order valence-electron chi connectivity index (χ4n) is 4.53. The van der Waals surface area contributed by atoms with Crippen molar-refractivity contribution in [3.63, 3.8) is 0 Å². The number of hydrogen-bond acceptors (Lipinski definition) is 8. The molecule has 2 aliphatic rings. The molecule has 36 heavy (non-hydrogen) atoms. The zero-order valence-corrected chi connectivity index (χ0v) is 22.6. The van der Waals surface area contributed by atoms with E-state index in [0.717, 1.165) is 5.56 Å². The summed E-state index contributed by atoms with van der Waals surface area (Å²) in [6.45, 7) is 5.68. The van der Waals surface area contributed by atoms with Gasteiger partial charge in [-0.15, -0.1) is 0 Å². The smallest absolute Gasteiger partial charge is 0.344 e. The molecule has 2 aromatic carbocycles. The molecular formula is C27H26INO7. The Labute approximate surface area is 222 Å². The number of hydrogen-bond donors (Lipinski definition) is 1. The van der Waals surface area contributed by atoms with Crippen molar-refractivity contribution in [3.05, 3.63) is 73.5 Å². The first-order valence-electron chi connectivity index (χ1n) is 11.5. The van der Waals surface area contributed by atoms with Gasteiger partial charge in [-0.25, -0.2) is 9.59 Å². The van der Waals surface area contributed by atoms with Crippen LogP contribution in [-0.2, 0) is 19.1 Å². The summed E-state index contributed by atoms with van der Waals surface area (Å²) >= 11 is 2.09. The summed E-state index contributed by atoms with van der Waals surface area (Å²) in [5.41, 5.74) is 4.14. The molecule has 0 aromatic heterocycles. The van der Waals surface area contributed by atoms with Crippen LogP contribution in [0.3, 0.4) is 0 Å². The number of benzene rings is 2. The van der Waals surface area contributed by atoms with Crippen molar-refractivity contribution in [1.29, 1.82) is 0 Å². The van der Waals surface area contributed by atoms with E-state index in [2.05, 4.69) is 27.9 Å². The molecule has 0 fully saturated rings. The van der Waals surface area contributed by atoms with Gasteiger partial charge in [0.05, 0.1) is 35.2 Å². The number of allylic oxidation sites excluding steroid dienone is 2. The zero-order chi connectivity index (χ0) is 26.0. The Bertz CT molecular complexity index is 1310. The second kappa shape index (κ2) is 10.7. The number of methoxy groups -OCH3 is 1. The number of esters is 2. The van der Waals surface area contributed by atoms with Crippen molar-refractivity contribution < 1.29 is 33.3 Å². The molecule has 0 saturated heterocycles. The van der Waals surface area contributed by atoms with Crippen LogP contribution in [0.25, 0.3) is 5.70 Å². The van der Waals surface area contributed by atoms with Crippen LogP contribution in [0.1, 0.15) is 48.2 Å². The number of dihydropyridines is 1. The molecule has 0 amide bonds. The summed E-state index contributed by atoms with van der Waals surface area (Å²) in [6.07, 6.45) is 0. The van der Waals surface area contributed by atoms with Gasteiger partial charge in [-0.2, -0.15) is 0 Å². The Balaban J connectivity index is 1.86. The molecule has 0 radical (unpaired) electrons. The highest BCUT2D eigenvalue weighted by molar-refractivity contribution is 14.1. The quantitative estimate of drug-likeness (QED) is 0.351. The lowest BCUT2D eigenvalue weighted by molar-refractivity contribution is -0.145. The van der Waals surface area contributed by atoms with Crippen LogP contribution in [0.4, 0.5) is 0 Å². The van der Waals surface area contributed by atoms with E-state index in [0.29, 0.717) is 55.3 Å². The maximum absolute atomic E-state index is 13.6. The molecule has 188 valence electrons. The van der Waals surface area contributed by atoms with Gasteiger partial charge in [0.15, 0.2) is 23.9 Å². The lowest BCUT2D eigenvalue weighted by Crippen LogP contribution is -2.29. The van der Waals surface area contributed by atoms with Crippen LogP contribution in [0.5, 0.6) is 11.5 Å². The Morgan fingerprint density at radius 1 is 1.06 bits per heavy atom. The third-order valence-electron chi connectivity index (χ3n) is 5.96. The van der Waals surface area contributed by atoms with Crippen molar-refractivity contribution in [2.45, 2.75) is 26.7 Å². The van der Waals surface area contributed by atoms with Crippen LogP contribution >= 0.6 is 22.6 Å². The largest absolute Gasteiger partial charge is 0.490 e. The average molecular weight is 603 g/mol. The molecule has 1 aliphatic heterocycles. The van der Waals surface area contributed by atoms with E-state index in [-0.39, 0.29) is 19.0 Å². The topological polar surface area (TPSA) is 100 Å². The molecule has 2 aromatic rings. The van der Waals surface area contributed by atoms with Gasteiger partial charge in [-0.1, -0.05) is 24.3 Å². The lowest BCUT2D eigenvalue weighted by Gasteiger charge is -2.29. The Morgan fingerprint density at radius 2 is 1.78 bits per heavy atom. The number of fused-ring (bicyclic) bond motifs is 2. The standard InChI is InChI=1S/C27H26INO7/c1-5-34-19-12-15(11-18(28)26(19)36-13-20(30)35-6-2)22-21(27(32)33-4)14(3)29-24-16-9-7-8-10-17(16)25(31)23(22)24/h7-12,22,29H,5-6,13H2,1-4H3/t22-/m1/s1. The highest BCUT2D eigenvalue weighted by Crippen LogP contribution is 2.48. The maximum atomic E-state index is 13.6. The molecule has 1 aliphatic carbocycles. The first-order chi connectivity index (χ1) is 17.3. The van der Waals surface area contributed by atoms with E-state index in [1.54, 1.807) is 26.0 Å². The monoisotopic (exact) mass is 603 g/mol. The SMILES string of the molecule is CCOC(=O)COc1c(I)cc([C@@H]2C(C(=O)OC)=C(C)NC3=C2C(=O)c2ccccc23)cc1OCC. The highest BCUT2D eigenvalue weighted by Gasteiger charge is 2.43. The third kappa shape index (κ3) is 4.59. The predicted octanol–water partition coefficient (Wildman–Crippen LogP) is 4.37. The molecule has 8 nitrogen and oxygen atoms in total. The Kier molecular flexibility index (Phi) is 7.67. The van der Waals surface area contributed by atoms with Gasteiger partial charge in [-0.3, -0.25) is 4.79 Å².